The van der Waals surface area contributed by atoms with Crippen LogP contribution in [0.4, 0.5) is 5.69 Å². The smallest absolute Gasteiger partial charge is 0.339 e. The van der Waals surface area contributed by atoms with Crippen molar-refractivity contribution in [3.63, 3.8) is 0 Å². The van der Waals surface area contributed by atoms with Gasteiger partial charge in [-0.3, -0.25) is 4.79 Å². The van der Waals surface area contributed by atoms with Crippen LogP contribution in [0.3, 0.4) is 0 Å². The maximum absolute atomic E-state index is 11.6. The molecule has 0 aliphatic heterocycles. The predicted octanol–water partition coefficient (Wildman–Crippen LogP) is 2.34. The van der Waals surface area contributed by atoms with E-state index in [-0.39, 0.29) is 5.56 Å². The summed E-state index contributed by atoms with van der Waals surface area (Å²) < 4.78 is 5.02. The zero-order valence-corrected chi connectivity index (χ0v) is 10.2. The second kappa shape index (κ2) is 5.75. The van der Waals surface area contributed by atoms with Gasteiger partial charge >= 0.3 is 5.97 Å². The summed E-state index contributed by atoms with van der Waals surface area (Å²) in [5.74, 6) is -1.54. The highest BCUT2D eigenvalue weighted by Gasteiger charge is 2.10. The van der Waals surface area contributed by atoms with Gasteiger partial charge in [0.05, 0.1) is 6.26 Å². The standard InChI is InChI=1S/C14H11NO5/c16-12-8-9(3-5-11(12)14(18)19)15-13(17)6-4-10-2-1-7-20-10/h1-8,16H,(H,15,17)(H,18,19)/b6-4+. The fourth-order valence-corrected chi connectivity index (χ4v) is 1.52. The van der Waals surface area contributed by atoms with Gasteiger partial charge in [0.25, 0.3) is 0 Å². The SMILES string of the molecule is O=C(/C=C/c1ccco1)Nc1ccc(C(=O)O)c(O)c1. The van der Waals surface area contributed by atoms with Crippen molar-refractivity contribution in [2.24, 2.45) is 0 Å². The molecule has 0 fully saturated rings. The molecular formula is C14H11NO5. The van der Waals surface area contributed by atoms with E-state index < -0.39 is 17.6 Å². The molecule has 3 N–H and O–H groups in total. The molecule has 0 saturated carbocycles. The predicted molar refractivity (Wildman–Crippen MR) is 71.4 cm³/mol. The van der Waals surface area contributed by atoms with Crippen LogP contribution in [0.15, 0.2) is 47.1 Å². The number of aromatic hydroxyl groups is 1. The number of hydrogen-bond acceptors (Lipinski definition) is 4. The van der Waals surface area contributed by atoms with E-state index in [1.807, 2.05) is 0 Å². The number of anilines is 1. The van der Waals surface area contributed by atoms with E-state index in [9.17, 15) is 14.7 Å². The van der Waals surface area contributed by atoms with Crippen molar-refractivity contribution < 1.29 is 24.2 Å². The Labute approximate surface area is 114 Å². The summed E-state index contributed by atoms with van der Waals surface area (Å²) in [6, 6.07) is 7.16. The minimum Gasteiger partial charge on any atom is -0.507 e. The van der Waals surface area contributed by atoms with Crippen molar-refractivity contribution >= 4 is 23.6 Å². The number of carboxylic acid groups (broad SMARTS) is 1. The van der Waals surface area contributed by atoms with Gasteiger partial charge in [-0.15, -0.1) is 0 Å². The monoisotopic (exact) mass is 273 g/mol. The number of carboxylic acids is 1. The number of aromatic carboxylic acids is 1. The molecule has 1 amide bonds. The Kier molecular flexibility index (Phi) is 3.85. The number of carbonyl (C=O) groups is 2. The van der Waals surface area contributed by atoms with E-state index in [4.69, 9.17) is 9.52 Å². The Balaban J connectivity index is 2.05. The molecule has 6 nitrogen and oxygen atoms in total. The third-order valence-corrected chi connectivity index (χ3v) is 2.44. The summed E-state index contributed by atoms with van der Waals surface area (Å²) >= 11 is 0. The maximum atomic E-state index is 11.6. The molecule has 1 aromatic heterocycles. The fraction of sp³-hybridized carbons (Fsp3) is 0. The van der Waals surface area contributed by atoms with Crippen LogP contribution in [0, 0.1) is 0 Å². The maximum Gasteiger partial charge on any atom is 0.339 e. The summed E-state index contributed by atoms with van der Waals surface area (Å²) in [6.45, 7) is 0. The minimum absolute atomic E-state index is 0.228. The van der Waals surface area contributed by atoms with Crippen molar-refractivity contribution in [2.45, 2.75) is 0 Å². The molecule has 0 radical (unpaired) electrons. The van der Waals surface area contributed by atoms with Gasteiger partial charge in [0.2, 0.25) is 5.91 Å². The third-order valence-electron chi connectivity index (χ3n) is 2.44. The number of benzene rings is 1. The first-order valence-electron chi connectivity index (χ1n) is 5.65. The number of furan rings is 1. The Morgan fingerprint density at radius 2 is 2.05 bits per heavy atom. The lowest BCUT2D eigenvalue weighted by Gasteiger charge is -2.04. The molecule has 0 saturated heterocycles. The lowest BCUT2D eigenvalue weighted by atomic mass is 10.2. The second-order valence-electron chi connectivity index (χ2n) is 3.88. The number of nitrogens with one attached hydrogen (secondary N) is 1. The van der Waals surface area contributed by atoms with Crippen LogP contribution in [0.1, 0.15) is 16.1 Å². The van der Waals surface area contributed by atoms with Crippen molar-refractivity contribution in [3.05, 3.63) is 54.0 Å². The first-order valence-corrected chi connectivity index (χ1v) is 5.65. The van der Waals surface area contributed by atoms with Gasteiger partial charge in [0.1, 0.15) is 17.1 Å². The molecule has 0 aliphatic rings. The number of amides is 1. The lowest BCUT2D eigenvalue weighted by Crippen LogP contribution is -2.08. The van der Waals surface area contributed by atoms with Crippen LogP contribution in [-0.2, 0) is 4.79 Å². The van der Waals surface area contributed by atoms with Crippen molar-refractivity contribution in [2.75, 3.05) is 5.32 Å². The Morgan fingerprint density at radius 1 is 1.25 bits per heavy atom. The summed E-state index contributed by atoms with van der Waals surface area (Å²) in [6.07, 6.45) is 4.24. The summed E-state index contributed by atoms with van der Waals surface area (Å²) in [7, 11) is 0. The molecule has 0 atom stereocenters. The number of hydrogen-bond donors (Lipinski definition) is 3. The quantitative estimate of drug-likeness (QED) is 0.742. The Bertz CT molecular complexity index is 658. The van der Waals surface area contributed by atoms with Crippen LogP contribution < -0.4 is 5.32 Å². The van der Waals surface area contributed by atoms with Gasteiger partial charge in [0.15, 0.2) is 0 Å². The van der Waals surface area contributed by atoms with Crippen molar-refractivity contribution in [1.82, 2.24) is 0 Å². The molecule has 6 heteroatoms. The van der Waals surface area contributed by atoms with Gasteiger partial charge in [-0.05, 0) is 30.3 Å². The minimum atomic E-state index is -1.24. The summed E-state index contributed by atoms with van der Waals surface area (Å²) in [4.78, 5) is 22.3. The second-order valence-corrected chi connectivity index (χ2v) is 3.88. The largest absolute Gasteiger partial charge is 0.507 e. The molecular weight excluding hydrogens is 262 g/mol. The number of carbonyl (C=O) groups excluding carboxylic acids is 1. The first kappa shape index (κ1) is 13.4. The Hall–Kier alpha value is -3.02. The highest BCUT2D eigenvalue weighted by molar-refractivity contribution is 6.02. The highest BCUT2D eigenvalue weighted by atomic mass is 16.4. The van der Waals surface area contributed by atoms with Gasteiger partial charge in [-0.25, -0.2) is 4.79 Å². The van der Waals surface area contributed by atoms with Gasteiger partial charge in [0, 0.05) is 17.8 Å². The Morgan fingerprint density at radius 3 is 2.65 bits per heavy atom. The van der Waals surface area contributed by atoms with Crippen molar-refractivity contribution in [1.29, 1.82) is 0 Å². The molecule has 2 rings (SSSR count). The normalized spacial score (nSPS) is 10.6. The average Bonchev–Trinajstić information content (AvgIpc) is 2.89. The van der Waals surface area contributed by atoms with E-state index in [0.29, 0.717) is 11.4 Å². The third kappa shape index (κ3) is 3.26. The molecule has 102 valence electrons. The zero-order valence-electron chi connectivity index (χ0n) is 10.2. The van der Waals surface area contributed by atoms with E-state index >= 15 is 0 Å². The van der Waals surface area contributed by atoms with E-state index in [0.717, 1.165) is 0 Å². The molecule has 0 bridgehead atoms. The average molecular weight is 273 g/mol. The van der Waals surface area contributed by atoms with E-state index in [1.54, 1.807) is 12.1 Å². The van der Waals surface area contributed by atoms with Gasteiger partial charge < -0.3 is 19.9 Å². The van der Waals surface area contributed by atoms with Crippen LogP contribution >= 0.6 is 0 Å². The summed E-state index contributed by atoms with van der Waals surface area (Å²) in [5, 5.41) is 20.7. The number of phenols is 1. The molecule has 0 unspecified atom stereocenters. The fourth-order valence-electron chi connectivity index (χ4n) is 1.52. The van der Waals surface area contributed by atoms with Crippen LogP contribution in [0.2, 0.25) is 0 Å². The van der Waals surface area contributed by atoms with Crippen molar-refractivity contribution in [3.8, 4) is 5.75 Å². The van der Waals surface area contributed by atoms with Crippen LogP contribution in [0.25, 0.3) is 6.08 Å². The lowest BCUT2D eigenvalue weighted by molar-refractivity contribution is -0.111. The zero-order chi connectivity index (χ0) is 14.5. The summed E-state index contributed by atoms with van der Waals surface area (Å²) in [5.41, 5.74) is 0.0655. The topological polar surface area (TPSA) is 99.8 Å². The molecule has 0 aliphatic carbocycles. The van der Waals surface area contributed by atoms with Crippen LogP contribution in [-0.4, -0.2) is 22.1 Å². The van der Waals surface area contributed by atoms with Gasteiger partial charge in [-0.1, -0.05) is 0 Å². The molecule has 20 heavy (non-hydrogen) atoms. The number of rotatable bonds is 4. The molecule has 0 spiro atoms. The van der Waals surface area contributed by atoms with Gasteiger partial charge in [-0.2, -0.15) is 0 Å². The molecule has 2 aromatic rings. The molecule has 1 heterocycles. The first-order chi connectivity index (χ1) is 9.56. The van der Waals surface area contributed by atoms with E-state index in [2.05, 4.69) is 5.32 Å². The molecule has 1 aromatic carbocycles. The van der Waals surface area contributed by atoms with Crippen LogP contribution in [0.5, 0.6) is 5.75 Å². The van der Waals surface area contributed by atoms with E-state index in [1.165, 1.54) is 36.6 Å². The highest BCUT2D eigenvalue weighted by Crippen LogP contribution is 2.21.